The number of anilines is 1. The van der Waals surface area contributed by atoms with E-state index in [-0.39, 0.29) is 12.5 Å². The normalized spacial score (nSPS) is 13.8. The Morgan fingerprint density at radius 1 is 1.03 bits per heavy atom. The Morgan fingerprint density at radius 3 is 2.76 bits per heavy atom. The minimum Gasteiger partial charge on any atom is -0.494 e. The molecule has 0 unspecified atom stereocenters. The van der Waals surface area contributed by atoms with Gasteiger partial charge in [0.25, 0.3) is 5.91 Å². The van der Waals surface area contributed by atoms with E-state index in [1.54, 1.807) is 6.07 Å². The number of pyridine rings is 1. The van der Waals surface area contributed by atoms with Crippen LogP contribution in [0.1, 0.15) is 18.5 Å². The van der Waals surface area contributed by atoms with Gasteiger partial charge in [0.2, 0.25) is 0 Å². The molecule has 1 aromatic heterocycles. The van der Waals surface area contributed by atoms with Gasteiger partial charge in [-0.15, -0.1) is 0 Å². The molecule has 8 nitrogen and oxygen atoms in total. The van der Waals surface area contributed by atoms with Crippen LogP contribution in [0, 0.1) is 6.92 Å². The Kier molecular flexibility index (Phi) is 7.47. The van der Waals surface area contributed by atoms with E-state index >= 15 is 0 Å². The van der Waals surface area contributed by atoms with Crippen molar-refractivity contribution in [1.29, 1.82) is 0 Å². The molecule has 0 aliphatic carbocycles. The summed E-state index contributed by atoms with van der Waals surface area (Å²) in [6, 6.07) is 13.4. The number of ether oxygens (including phenoxy) is 4. The SMILES string of the molecule is CNCCCCOc1ccc2c(c1)NC(=O)CO2.Cc1ccc2c3c(ccc2n1)OCCO3. The van der Waals surface area contributed by atoms with Crippen molar-refractivity contribution in [2.24, 2.45) is 0 Å². The van der Waals surface area contributed by atoms with Crippen LogP contribution in [0.4, 0.5) is 5.69 Å². The quantitative estimate of drug-likeness (QED) is 0.552. The summed E-state index contributed by atoms with van der Waals surface area (Å²) in [6.45, 7) is 4.97. The fourth-order valence-electron chi connectivity index (χ4n) is 3.56. The Morgan fingerprint density at radius 2 is 1.88 bits per heavy atom. The molecule has 0 bridgehead atoms. The van der Waals surface area contributed by atoms with Crippen molar-refractivity contribution in [3.05, 3.63) is 48.2 Å². The predicted molar refractivity (Wildman–Crippen MR) is 127 cm³/mol. The van der Waals surface area contributed by atoms with Crippen LogP contribution in [-0.2, 0) is 4.79 Å². The minimum atomic E-state index is -0.131. The van der Waals surface area contributed by atoms with Crippen LogP contribution >= 0.6 is 0 Å². The number of fused-ring (bicyclic) bond motifs is 4. The van der Waals surface area contributed by atoms with E-state index in [4.69, 9.17) is 18.9 Å². The average Bonchev–Trinajstić information content (AvgIpc) is 2.84. The molecule has 0 atom stereocenters. The van der Waals surface area contributed by atoms with Crippen molar-refractivity contribution in [3.63, 3.8) is 0 Å². The van der Waals surface area contributed by atoms with E-state index in [0.717, 1.165) is 53.2 Å². The maximum absolute atomic E-state index is 11.2. The van der Waals surface area contributed by atoms with Crippen LogP contribution in [0.25, 0.3) is 10.9 Å². The van der Waals surface area contributed by atoms with Crippen molar-refractivity contribution < 1.29 is 23.7 Å². The van der Waals surface area contributed by atoms with Crippen molar-refractivity contribution in [2.45, 2.75) is 19.8 Å². The molecule has 0 saturated carbocycles. The number of hydrogen-bond acceptors (Lipinski definition) is 7. The number of nitrogens with zero attached hydrogens (tertiary/aromatic N) is 1. The molecule has 0 radical (unpaired) electrons. The Bertz CT molecular complexity index is 1120. The number of aromatic nitrogens is 1. The number of amides is 1. The second kappa shape index (κ2) is 10.9. The zero-order valence-electron chi connectivity index (χ0n) is 19.0. The fourth-order valence-corrected chi connectivity index (χ4v) is 3.56. The first kappa shape index (κ1) is 22.7. The third-order valence-electron chi connectivity index (χ3n) is 5.19. The molecule has 0 saturated heterocycles. The summed E-state index contributed by atoms with van der Waals surface area (Å²) in [4.78, 5) is 15.6. The summed E-state index contributed by atoms with van der Waals surface area (Å²) in [7, 11) is 1.94. The van der Waals surface area contributed by atoms with Gasteiger partial charge < -0.3 is 29.6 Å². The second-order valence-corrected chi connectivity index (χ2v) is 7.76. The highest BCUT2D eigenvalue weighted by molar-refractivity contribution is 5.95. The van der Waals surface area contributed by atoms with Crippen LogP contribution in [-0.4, -0.2) is 50.9 Å². The first-order valence-electron chi connectivity index (χ1n) is 11.1. The van der Waals surface area contributed by atoms with Gasteiger partial charge in [0.05, 0.1) is 17.8 Å². The molecule has 8 heteroatoms. The lowest BCUT2D eigenvalue weighted by atomic mass is 10.1. The lowest BCUT2D eigenvalue weighted by Gasteiger charge is -2.19. The van der Waals surface area contributed by atoms with Crippen molar-refractivity contribution >= 4 is 22.5 Å². The predicted octanol–water partition coefficient (Wildman–Crippen LogP) is 3.71. The Balaban J connectivity index is 0.000000159. The maximum atomic E-state index is 11.2. The molecule has 2 N–H and O–H groups in total. The first-order chi connectivity index (χ1) is 16.1. The van der Waals surface area contributed by atoms with Crippen LogP contribution in [0.2, 0.25) is 0 Å². The molecule has 2 aliphatic heterocycles. The van der Waals surface area contributed by atoms with Gasteiger partial charge in [-0.25, -0.2) is 0 Å². The molecule has 174 valence electrons. The number of hydrogen-bond donors (Lipinski definition) is 2. The third kappa shape index (κ3) is 5.84. The largest absolute Gasteiger partial charge is 0.494 e. The summed E-state index contributed by atoms with van der Waals surface area (Å²) in [5, 5.41) is 6.88. The lowest BCUT2D eigenvalue weighted by Crippen LogP contribution is -2.25. The van der Waals surface area contributed by atoms with Gasteiger partial charge in [-0.2, -0.15) is 0 Å². The number of nitrogens with one attached hydrogen (secondary N) is 2. The van der Waals surface area contributed by atoms with Gasteiger partial charge in [-0.3, -0.25) is 9.78 Å². The summed E-state index contributed by atoms with van der Waals surface area (Å²) in [6.07, 6.45) is 2.09. The van der Waals surface area contributed by atoms with Crippen LogP contribution in [0.3, 0.4) is 0 Å². The molecule has 0 spiro atoms. The van der Waals surface area contributed by atoms with E-state index < -0.39 is 0 Å². The van der Waals surface area contributed by atoms with E-state index in [9.17, 15) is 4.79 Å². The van der Waals surface area contributed by atoms with Gasteiger partial charge in [0.1, 0.15) is 24.7 Å². The summed E-state index contributed by atoms with van der Waals surface area (Å²) in [5.74, 6) is 2.96. The minimum absolute atomic E-state index is 0.0806. The molecule has 33 heavy (non-hydrogen) atoms. The Hall–Kier alpha value is -3.52. The molecule has 2 aliphatic rings. The number of carbonyl (C=O) groups excluding carboxylic acids is 1. The van der Waals surface area contributed by atoms with Crippen LogP contribution < -0.4 is 29.6 Å². The lowest BCUT2D eigenvalue weighted by molar-refractivity contribution is -0.118. The first-order valence-corrected chi connectivity index (χ1v) is 11.1. The second-order valence-electron chi connectivity index (χ2n) is 7.76. The van der Waals surface area contributed by atoms with E-state index in [1.807, 2.05) is 50.4 Å². The van der Waals surface area contributed by atoms with Gasteiger partial charge in [0.15, 0.2) is 18.1 Å². The molecule has 3 heterocycles. The highest BCUT2D eigenvalue weighted by atomic mass is 16.6. The molecule has 2 aromatic carbocycles. The molecular weight excluding hydrogens is 422 g/mol. The number of carbonyl (C=O) groups is 1. The van der Waals surface area contributed by atoms with Gasteiger partial charge in [-0.05, 0) is 69.8 Å². The summed E-state index contributed by atoms with van der Waals surface area (Å²) < 4.78 is 22.0. The molecule has 3 aromatic rings. The molecular formula is C25H29N3O5. The monoisotopic (exact) mass is 451 g/mol. The van der Waals surface area contributed by atoms with Gasteiger partial charge >= 0.3 is 0 Å². The van der Waals surface area contributed by atoms with Crippen molar-refractivity contribution in [2.75, 3.05) is 45.3 Å². The smallest absolute Gasteiger partial charge is 0.262 e. The van der Waals surface area contributed by atoms with Crippen LogP contribution in [0.5, 0.6) is 23.0 Å². The van der Waals surface area contributed by atoms with E-state index in [2.05, 4.69) is 15.6 Å². The van der Waals surface area contributed by atoms with Gasteiger partial charge in [-0.1, -0.05) is 0 Å². The third-order valence-corrected chi connectivity index (χ3v) is 5.19. The van der Waals surface area contributed by atoms with Crippen molar-refractivity contribution in [1.82, 2.24) is 10.3 Å². The van der Waals surface area contributed by atoms with Crippen LogP contribution in [0.15, 0.2) is 42.5 Å². The topological polar surface area (TPSA) is 90.9 Å². The highest BCUT2D eigenvalue weighted by Gasteiger charge is 2.16. The molecule has 5 rings (SSSR count). The maximum Gasteiger partial charge on any atom is 0.262 e. The Labute approximate surface area is 193 Å². The van der Waals surface area contributed by atoms with E-state index in [0.29, 0.717) is 31.3 Å². The standard InChI is InChI=1S/C13H18N2O3.C12H11NO2/c1-14-6-2-3-7-17-10-4-5-12-11(8-10)15-13(16)9-18-12;1-8-2-3-9-10(13-8)4-5-11-12(9)15-7-6-14-11/h4-5,8,14H,2-3,6-7,9H2,1H3,(H,15,16);2-5H,6-7H2,1H3. The van der Waals surface area contributed by atoms with Gasteiger partial charge in [0, 0.05) is 17.1 Å². The summed E-state index contributed by atoms with van der Waals surface area (Å²) in [5.41, 5.74) is 2.65. The molecule has 1 amide bonds. The molecule has 0 fully saturated rings. The summed E-state index contributed by atoms with van der Waals surface area (Å²) >= 11 is 0. The number of aryl methyl sites for hydroxylation is 1. The highest BCUT2D eigenvalue weighted by Crippen LogP contribution is 2.36. The number of rotatable bonds is 6. The number of benzene rings is 2. The zero-order chi connectivity index (χ0) is 23.0. The number of unbranched alkanes of at least 4 members (excludes halogenated alkanes) is 1. The van der Waals surface area contributed by atoms with Crippen molar-refractivity contribution in [3.8, 4) is 23.0 Å². The van der Waals surface area contributed by atoms with E-state index in [1.165, 1.54) is 0 Å². The zero-order valence-corrected chi connectivity index (χ0v) is 19.0. The fraction of sp³-hybridized carbons (Fsp3) is 0.360. The average molecular weight is 452 g/mol.